The minimum absolute atomic E-state index is 0.165. The molecule has 2 rings (SSSR count). The number of anilines is 1. The Morgan fingerprint density at radius 3 is 2.52 bits per heavy atom. The number of primary amides is 1. The van der Waals surface area contributed by atoms with Crippen LogP contribution in [0.15, 0.2) is 42.5 Å². The van der Waals surface area contributed by atoms with Crippen LogP contribution in [0.25, 0.3) is 0 Å². The van der Waals surface area contributed by atoms with Gasteiger partial charge in [-0.05, 0) is 49.1 Å². The maximum absolute atomic E-state index is 11.2. The van der Waals surface area contributed by atoms with E-state index in [1.54, 1.807) is 0 Å². The average molecular weight is 282 g/mol. The van der Waals surface area contributed by atoms with Gasteiger partial charge in [-0.3, -0.25) is 4.79 Å². The van der Waals surface area contributed by atoms with Crippen LogP contribution in [0.4, 0.5) is 5.69 Å². The van der Waals surface area contributed by atoms with E-state index in [0.717, 1.165) is 11.3 Å². The molecule has 1 unspecified atom stereocenters. The standard InChI is InChI=1S/C18H22N2O/c1-12-8-9-15(10-13(12)2)14(3)20-17-7-5-4-6-16(17)11-18(19)21/h4-10,14,20H,11H2,1-3H3,(H2,19,21). The summed E-state index contributed by atoms with van der Waals surface area (Å²) in [5, 5.41) is 3.47. The number of rotatable bonds is 5. The first-order valence-corrected chi connectivity index (χ1v) is 7.17. The summed E-state index contributed by atoms with van der Waals surface area (Å²) in [5.41, 5.74) is 11.0. The highest BCUT2D eigenvalue weighted by atomic mass is 16.1. The van der Waals surface area contributed by atoms with Gasteiger partial charge in [-0.1, -0.05) is 36.4 Å². The van der Waals surface area contributed by atoms with Gasteiger partial charge in [0, 0.05) is 11.7 Å². The Labute approximate surface area is 126 Å². The molecule has 0 aromatic heterocycles. The Hall–Kier alpha value is -2.29. The zero-order valence-electron chi connectivity index (χ0n) is 12.8. The number of nitrogens with one attached hydrogen (secondary N) is 1. The molecule has 0 fully saturated rings. The minimum Gasteiger partial charge on any atom is -0.378 e. The molecular weight excluding hydrogens is 260 g/mol. The number of nitrogens with two attached hydrogens (primary N) is 1. The molecule has 0 bridgehead atoms. The van der Waals surface area contributed by atoms with E-state index in [2.05, 4.69) is 44.3 Å². The van der Waals surface area contributed by atoms with Crippen LogP contribution < -0.4 is 11.1 Å². The largest absolute Gasteiger partial charge is 0.378 e. The first-order valence-electron chi connectivity index (χ1n) is 7.17. The van der Waals surface area contributed by atoms with Gasteiger partial charge in [0.2, 0.25) is 5.91 Å². The van der Waals surface area contributed by atoms with Crippen LogP contribution in [-0.2, 0) is 11.2 Å². The zero-order valence-corrected chi connectivity index (χ0v) is 12.8. The maximum atomic E-state index is 11.2. The molecule has 0 heterocycles. The van der Waals surface area contributed by atoms with Gasteiger partial charge in [0.25, 0.3) is 0 Å². The third-order valence-corrected chi connectivity index (χ3v) is 3.79. The van der Waals surface area contributed by atoms with Crippen molar-refractivity contribution in [1.82, 2.24) is 0 Å². The number of hydrogen-bond donors (Lipinski definition) is 2. The van der Waals surface area contributed by atoms with Crippen molar-refractivity contribution in [3.05, 3.63) is 64.7 Å². The number of benzene rings is 2. The van der Waals surface area contributed by atoms with Gasteiger partial charge < -0.3 is 11.1 Å². The molecule has 1 atom stereocenters. The van der Waals surface area contributed by atoms with Crippen molar-refractivity contribution < 1.29 is 4.79 Å². The quantitative estimate of drug-likeness (QED) is 0.881. The van der Waals surface area contributed by atoms with Crippen LogP contribution in [-0.4, -0.2) is 5.91 Å². The highest BCUT2D eigenvalue weighted by molar-refractivity contribution is 5.78. The van der Waals surface area contributed by atoms with E-state index in [9.17, 15) is 4.79 Å². The molecule has 21 heavy (non-hydrogen) atoms. The van der Waals surface area contributed by atoms with Crippen LogP contribution in [0.2, 0.25) is 0 Å². The molecular formula is C18H22N2O. The van der Waals surface area contributed by atoms with Crippen LogP contribution in [0.3, 0.4) is 0 Å². The molecule has 2 aromatic rings. The normalized spacial score (nSPS) is 12.0. The predicted molar refractivity (Wildman–Crippen MR) is 87.3 cm³/mol. The van der Waals surface area contributed by atoms with Gasteiger partial charge in [-0.15, -0.1) is 0 Å². The summed E-state index contributed by atoms with van der Waals surface area (Å²) in [5.74, 6) is -0.317. The van der Waals surface area contributed by atoms with Gasteiger partial charge in [0.1, 0.15) is 0 Å². The van der Waals surface area contributed by atoms with Gasteiger partial charge in [0.05, 0.1) is 6.42 Å². The van der Waals surface area contributed by atoms with Crippen molar-refractivity contribution in [2.24, 2.45) is 5.73 Å². The molecule has 0 saturated heterocycles. The van der Waals surface area contributed by atoms with Gasteiger partial charge in [-0.2, -0.15) is 0 Å². The highest BCUT2D eigenvalue weighted by Gasteiger charge is 2.10. The second-order valence-corrected chi connectivity index (χ2v) is 5.51. The molecule has 3 N–H and O–H groups in total. The second kappa shape index (κ2) is 6.44. The number of carbonyl (C=O) groups excluding carboxylic acids is 1. The summed E-state index contributed by atoms with van der Waals surface area (Å²) >= 11 is 0. The highest BCUT2D eigenvalue weighted by Crippen LogP contribution is 2.24. The Balaban J connectivity index is 2.21. The molecule has 2 aromatic carbocycles. The third-order valence-electron chi connectivity index (χ3n) is 3.79. The lowest BCUT2D eigenvalue weighted by Crippen LogP contribution is -2.16. The summed E-state index contributed by atoms with van der Waals surface area (Å²) in [6, 6.07) is 14.4. The van der Waals surface area contributed by atoms with E-state index in [1.165, 1.54) is 16.7 Å². The van der Waals surface area contributed by atoms with Crippen LogP contribution in [0.5, 0.6) is 0 Å². The maximum Gasteiger partial charge on any atom is 0.221 e. The Morgan fingerprint density at radius 1 is 1.14 bits per heavy atom. The molecule has 1 amide bonds. The smallest absolute Gasteiger partial charge is 0.221 e. The van der Waals surface area contributed by atoms with Crippen molar-refractivity contribution in [3.63, 3.8) is 0 Å². The Bertz CT molecular complexity index is 649. The Morgan fingerprint density at radius 2 is 1.86 bits per heavy atom. The van der Waals surface area contributed by atoms with Crippen LogP contribution in [0.1, 0.15) is 35.2 Å². The summed E-state index contributed by atoms with van der Waals surface area (Å²) in [6.45, 7) is 6.34. The SMILES string of the molecule is Cc1ccc(C(C)Nc2ccccc2CC(N)=O)cc1C. The summed E-state index contributed by atoms with van der Waals surface area (Å²) in [4.78, 5) is 11.2. The van der Waals surface area contributed by atoms with Crippen molar-refractivity contribution in [2.75, 3.05) is 5.32 Å². The minimum atomic E-state index is -0.317. The van der Waals surface area contributed by atoms with Crippen molar-refractivity contribution in [3.8, 4) is 0 Å². The van der Waals surface area contributed by atoms with Crippen molar-refractivity contribution in [1.29, 1.82) is 0 Å². The number of aryl methyl sites for hydroxylation is 2. The van der Waals surface area contributed by atoms with E-state index in [1.807, 2.05) is 24.3 Å². The van der Waals surface area contributed by atoms with E-state index in [4.69, 9.17) is 5.73 Å². The third kappa shape index (κ3) is 3.85. The predicted octanol–water partition coefficient (Wildman–Crippen LogP) is 3.50. The van der Waals surface area contributed by atoms with Crippen molar-refractivity contribution >= 4 is 11.6 Å². The van der Waals surface area contributed by atoms with E-state index < -0.39 is 0 Å². The van der Waals surface area contributed by atoms with E-state index in [0.29, 0.717) is 0 Å². The lowest BCUT2D eigenvalue weighted by atomic mass is 10.0. The van der Waals surface area contributed by atoms with Gasteiger partial charge in [0.15, 0.2) is 0 Å². The zero-order chi connectivity index (χ0) is 15.4. The molecule has 3 nitrogen and oxygen atoms in total. The number of para-hydroxylation sites is 1. The molecule has 0 spiro atoms. The molecule has 0 aliphatic rings. The lowest BCUT2D eigenvalue weighted by Gasteiger charge is -2.19. The average Bonchev–Trinajstić information content (AvgIpc) is 2.43. The van der Waals surface area contributed by atoms with Gasteiger partial charge >= 0.3 is 0 Å². The fourth-order valence-electron chi connectivity index (χ4n) is 2.35. The van der Waals surface area contributed by atoms with Crippen LogP contribution in [0, 0.1) is 13.8 Å². The topological polar surface area (TPSA) is 55.1 Å². The first-order chi connectivity index (χ1) is 9.97. The lowest BCUT2D eigenvalue weighted by molar-refractivity contribution is -0.117. The summed E-state index contributed by atoms with van der Waals surface area (Å²) < 4.78 is 0. The monoisotopic (exact) mass is 282 g/mol. The molecule has 110 valence electrons. The fraction of sp³-hybridized carbons (Fsp3) is 0.278. The number of amides is 1. The fourth-order valence-corrected chi connectivity index (χ4v) is 2.35. The number of hydrogen-bond acceptors (Lipinski definition) is 2. The number of carbonyl (C=O) groups is 1. The van der Waals surface area contributed by atoms with Gasteiger partial charge in [-0.25, -0.2) is 0 Å². The molecule has 0 saturated carbocycles. The van der Waals surface area contributed by atoms with E-state index in [-0.39, 0.29) is 18.4 Å². The first kappa shape index (κ1) is 15.1. The molecule has 0 aliphatic heterocycles. The summed E-state index contributed by atoms with van der Waals surface area (Å²) in [7, 11) is 0. The molecule has 3 heteroatoms. The second-order valence-electron chi connectivity index (χ2n) is 5.51. The Kier molecular flexibility index (Phi) is 4.63. The van der Waals surface area contributed by atoms with Crippen LogP contribution >= 0.6 is 0 Å². The van der Waals surface area contributed by atoms with E-state index >= 15 is 0 Å². The van der Waals surface area contributed by atoms with Crippen molar-refractivity contribution in [2.45, 2.75) is 33.2 Å². The summed E-state index contributed by atoms with van der Waals surface area (Å²) in [6.07, 6.45) is 0.253. The molecule has 0 aliphatic carbocycles. The molecule has 0 radical (unpaired) electrons.